The Kier molecular flexibility index (Phi) is 4.43. The minimum absolute atomic E-state index is 0.199. The third-order valence-electron chi connectivity index (χ3n) is 2.26. The summed E-state index contributed by atoms with van der Waals surface area (Å²) >= 11 is 0. The summed E-state index contributed by atoms with van der Waals surface area (Å²) in [5.74, 6) is 0.438. The van der Waals surface area contributed by atoms with Gasteiger partial charge in [-0.2, -0.15) is 0 Å². The maximum Gasteiger partial charge on any atom is 0.410 e. The van der Waals surface area contributed by atoms with Gasteiger partial charge in [-0.05, 0) is 33.6 Å². The summed E-state index contributed by atoms with van der Waals surface area (Å²) in [6.45, 7) is 11.8. The van der Waals surface area contributed by atoms with Crippen LogP contribution < -0.4 is 0 Å². The number of nitrogens with zero attached hydrogens (tertiary/aromatic N) is 1. The lowest BCUT2D eigenvalue weighted by atomic mass is 10.1. The number of rotatable bonds is 2. The zero-order valence-corrected chi connectivity index (χ0v) is 10.4. The summed E-state index contributed by atoms with van der Waals surface area (Å²) < 4.78 is 5.26. The first-order valence-corrected chi connectivity index (χ1v) is 5.11. The first-order valence-electron chi connectivity index (χ1n) is 5.11. The van der Waals surface area contributed by atoms with Gasteiger partial charge in [0.25, 0.3) is 0 Å². The molecule has 0 rings (SSSR count). The summed E-state index contributed by atoms with van der Waals surface area (Å²) in [5, 5.41) is 0. The lowest BCUT2D eigenvalue weighted by molar-refractivity contribution is 0.0198. The molecule has 14 heavy (non-hydrogen) atoms. The zero-order valence-electron chi connectivity index (χ0n) is 10.4. The van der Waals surface area contributed by atoms with Gasteiger partial charge in [-0.15, -0.1) is 0 Å². The molecule has 0 unspecified atom stereocenters. The maximum atomic E-state index is 11.6. The van der Waals surface area contributed by atoms with Crippen LogP contribution in [0.2, 0.25) is 0 Å². The molecule has 0 aromatic rings. The third kappa shape index (κ3) is 4.49. The molecular formula is C11H23NO2. The third-order valence-corrected chi connectivity index (χ3v) is 2.26. The molecule has 0 saturated heterocycles. The van der Waals surface area contributed by atoms with Gasteiger partial charge in [0, 0.05) is 13.1 Å². The van der Waals surface area contributed by atoms with Crippen LogP contribution in [0.15, 0.2) is 0 Å². The minimum atomic E-state index is -0.415. The lowest BCUT2D eigenvalue weighted by Crippen LogP contribution is -2.41. The van der Waals surface area contributed by atoms with Crippen molar-refractivity contribution < 1.29 is 9.53 Å². The molecule has 1 atom stereocenters. The van der Waals surface area contributed by atoms with E-state index in [0.29, 0.717) is 5.92 Å². The number of carbonyl (C=O) groups is 1. The van der Waals surface area contributed by atoms with Crippen molar-refractivity contribution in [3.8, 4) is 0 Å². The second-order valence-corrected chi connectivity index (χ2v) is 5.08. The Bertz CT molecular complexity index is 194. The number of carbonyl (C=O) groups excluding carboxylic acids is 1. The quantitative estimate of drug-likeness (QED) is 0.687. The zero-order chi connectivity index (χ0) is 11.5. The van der Waals surface area contributed by atoms with E-state index in [2.05, 4.69) is 13.8 Å². The number of amides is 1. The Hall–Kier alpha value is -0.730. The van der Waals surface area contributed by atoms with Crippen molar-refractivity contribution in [2.75, 3.05) is 7.05 Å². The van der Waals surface area contributed by atoms with Gasteiger partial charge in [0.15, 0.2) is 0 Å². The molecule has 0 N–H and O–H groups in total. The van der Waals surface area contributed by atoms with Gasteiger partial charge in [0.1, 0.15) is 5.60 Å². The normalized spacial score (nSPS) is 14.0. The van der Waals surface area contributed by atoms with Crippen LogP contribution in [-0.4, -0.2) is 29.7 Å². The standard InChI is InChI=1S/C11H23NO2/c1-8(2)9(3)12(7)10(13)14-11(4,5)6/h8-9H,1-7H3/t9-/m1/s1. The van der Waals surface area contributed by atoms with Crippen LogP contribution in [0.4, 0.5) is 4.79 Å². The van der Waals surface area contributed by atoms with E-state index in [4.69, 9.17) is 4.74 Å². The molecule has 0 aliphatic carbocycles. The molecule has 1 amide bonds. The molecule has 0 heterocycles. The van der Waals surface area contributed by atoms with Crippen LogP contribution >= 0.6 is 0 Å². The van der Waals surface area contributed by atoms with Crippen molar-refractivity contribution in [3.63, 3.8) is 0 Å². The van der Waals surface area contributed by atoms with Gasteiger partial charge < -0.3 is 9.64 Å². The van der Waals surface area contributed by atoms with Crippen molar-refractivity contribution in [2.45, 2.75) is 53.2 Å². The minimum Gasteiger partial charge on any atom is -0.444 e. The molecule has 0 aromatic heterocycles. The second kappa shape index (κ2) is 4.67. The first-order chi connectivity index (χ1) is 6.15. The van der Waals surface area contributed by atoms with Crippen molar-refractivity contribution in [1.82, 2.24) is 4.90 Å². The molecular weight excluding hydrogens is 178 g/mol. The van der Waals surface area contributed by atoms with Crippen molar-refractivity contribution in [2.24, 2.45) is 5.92 Å². The number of hydrogen-bond acceptors (Lipinski definition) is 2. The Balaban J connectivity index is 4.26. The fourth-order valence-corrected chi connectivity index (χ4v) is 0.947. The molecule has 0 radical (unpaired) electrons. The van der Waals surface area contributed by atoms with E-state index in [-0.39, 0.29) is 12.1 Å². The molecule has 0 fully saturated rings. The van der Waals surface area contributed by atoms with Gasteiger partial charge in [-0.1, -0.05) is 13.8 Å². The van der Waals surface area contributed by atoms with E-state index in [1.54, 1.807) is 11.9 Å². The Labute approximate surface area is 87.4 Å². The van der Waals surface area contributed by atoms with E-state index in [9.17, 15) is 4.79 Å². The van der Waals surface area contributed by atoms with Crippen molar-refractivity contribution in [1.29, 1.82) is 0 Å². The highest BCUT2D eigenvalue weighted by molar-refractivity contribution is 5.68. The van der Waals surface area contributed by atoms with Crippen molar-refractivity contribution >= 4 is 6.09 Å². The van der Waals surface area contributed by atoms with E-state index >= 15 is 0 Å². The van der Waals surface area contributed by atoms with Crippen LogP contribution in [0.3, 0.4) is 0 Å². The first kappa shape index (κ1) is 13.3. The summed E-state index contributed by atoms with van der Waals surface area (Å²) in [5.41, 5.74) is -0.415. The summed E-state index contributed by atoms with van der Waals surface area (Å²) in [7, 11) is 1.78. The van der Waals surface area contributed by atoms with Crippen LogP contribution in [0, 0.1) is 5.92 Å². The molecule has 0 bridgehead atoms. The number of hydrogen-bond donors (Lipinski definition) is 0. The Morgan fingerprint density at radius 3 is 1.93 bits per heavy atom. The van der Waals surface area contributed by atoms with Gasteiger partial charge >= 0.3 is 6.09 Å². The van der Waals surface area contributed by atoms with E-state index in [1.165, 1.54) is 0 Å². The van der Waals surface area contributed by atoms with E-state index in [1.807, 2.05) is 27.7 Å². The number of ether oxygens (including phenoxy) is 1. The molecule has 0 saturated carbocycles. The molecule has 3 nitrogen and oxygen atoms in total. The predicted octanol–water partition coefficient (Wildman–Crippen LogP) is 2.90. The second-order valence-electron chi connectivity index (χ2n) is 5.08. The lowest BCUT2D eigenvalue weighted by Gasteiger charge is -2.30. The molecule has 0 spiro atoms. The van der Waals surface area contributed by atoms with Gasteiger partial charge in [-0.3, -0.25) is 0 Å². The van der Waals surface area contributed by atoms with Crippen LogP contribution in [0.5, 0.6) is 0 Å². The highest BCUT2D eigenvalue weighted by Crippen LogP contribution is 2.13. The van der Waals surface area contributed by atoms with Gasteiger partial charge in [-0.25, -0.2) is 4.79 Å². The fourth-order valence-electron chi connectivity index (χ4n) is 0.947. The smallest absolute Gasteiger partial charge is 0.410 e. The molecule has 0 aromatic carbocycles. The van der Waals surface area contributed by atoms with Crippen LogP contribution in [0.1, 0.15) is 41.5 Å². The summed E-state index contributed by atoms with van der Waals surface area (Å²) in [4.78, 5) is 13.3. The maximum absolute atomic E-state index is 11.6. The molecule has 0 aliphatic rings. The van der Waals surface area contributed by atoms with Gasteiger partial charge in [0.2, 0.25) is 0 Å². The molecule has 0 aliphatic heterocycles. The average molecular weight is 201 g/mol. The van der Waals surface area contributed by atoms with E-state index < -0.39 is 5.60 Å². The van der Waals surface area contributed by atoms with Crippen molar-refractivity contribution in [3.05, 3.63) is 0 Å². The van der Waals surface area contributed by atoms with E-state index in [0.717, 1.165) is 0 Å². The average Bonchev–Trinajstić information content (AvgIpc) is 1.98. The SMILES string of the molecule is CC(C)[C@@H](C)N(C)C(=O)OC(C)(C)C. The largest absolute Gasteiger partial charge is 0.444 e. The Morgan fingerprint density at radius 1 is 1.21 bits per heavy atom. The highest BCUT2D eigenvalue weighted by atomic mass is 16.6. The van der Waals surface area contributed by atoms with Crippen LogP contribution in [0.25, 0.3) is 0 Å². The van der Waals surface area contributed by atoms with Crippen LogP contribution in [-0.2, 0) is 4.74 Å². The monoisotopic (exact) mass is 201 g/mol. The highest BCUT2D eigenvalue weighted by Gasteiger charge is 2.24. The summed E-state index contributed by atoms with van der Waals surface area (Å²) in [6.07, 6.45) is -0.251. The Morgan fingerprint density at radius 2 is 1.64 bits per heavy atom. The molecule has 3 heteroatoms. The topological polar surface area (TPSA) is 29.5 Å². The van der Waals surface area contributed by atoms with Gasteiger partial charge in [0.05, 0.1) is 0 Å². The predicted molar refractivity (Wildman–Crippen MR) is 58.3 cm³/mol. The molecule has 84 valence electrons. The summed E-state index contributed by atoms with van der Waals surface area (Å²) in [6, 6.07) is 0.199. The fraction of sp³-hybridized carbons (Fsp3) is 0.909.